The molecule has 0 saturated carbocycles. The monoisotopic (exact) mass is 402 g/mol. The normalized spacial score (nSPS) is 16.0. The fourth-order valence-electron chi connectivity index (χ4n) is 3.46. The molecule has 0 radical (unpaired) electrons. The molecular formula is C25H23FN2O2. The SMILES string of the molecule is COc1ccc(/C=C/C2=NN(c3ccc(F)cc3)[C@H](c3ccc(OC)cc3)C2)cc1. The number of methoxy groups -OCH3 is 2. The first-order valence-corrected chi connectivity index (χ1v) is 9.74. The molecule has 0 amide bonds. The molecule has 0 bridgehead atoms. The van der Waals surface area contributed by atoms with Gasteiger partial charge in [-0.2, -0.15) is 5.10 Å². The van der Waals surface area contributed by atoms with Crippen LogP contribution in [0.3, 0.4) is 0 Å². The van der Waals surface area contributed by atoms with E-state index in [1.165, 1.54) is 12.1 Å². The maximum absolute atomic E-state index is 13.4. The summed E-state index contributed by atoms with van der Waals surface area (Å²) in [5.41, 5.74) is 4.00. The van der Waals surface area contributed by atoms with Gasteiger partial charge in [-0.3, -0.25) is 5.01 Å². The van der Waals surface area contributed by atoms with Crippen molar-refractivity contribution >= 4 is 17.5 Å². The van der Waals surface area contributed by atoms with Crippen molar-refractivity contribution in [3.05, 3.63) is 95.8 Å². The molecule has 152 valence electrons. The molecule has 30 heavy (non-hydrogen) atoms. The fourth-order valence-corrected chi connectivity index (χ4v) is 3.46. The molecule has 1 aliphatic heterocycles. The number of nitrogens with zero attached hydrogens (tertiary/aromatic N) is 2. The highest BCUT2D eigenvalue weighted by atomic mass is 19.1. The van der Waals surface area contributed by atoms with Crippen LogP contribution >= 0.6 is 0 Å². The van der Waals surface area contributed by atoms with E-state index in [1.54, 1.807) is 26.4 Å². The van der Waals surface area contributed by atoms with E-state index >= 15 is 0 Å². The molecule has 0 saturated heterocycles. The van der Waals surface area contributed by atoms with Gasteiger partial charge < -0.3 is 9.47 Å². The lowest BCUT2D eigenvalue weighted by Crippen LogP contribution is -2.18. The second-order valence-electron chi connectivity index (χ2n) is 7.01. The van der Waals surface area contributed by atoms with Crippen LogP contribution in [0.4, 0.5) is 10.1 Å². The Balaban J connectivity index is 1.61. The van der Waals surface area contributed by atoms with Crippen molar-refractivity contribution in [3.8, 4) is 11.5 Å². The topological polar surface area (TPSA) is 34.1 Å². The highest BCUT2D eigenvalue weighted by molar-refractivity contribution is 6.01. The van der Waals surface area contributed by atoms with Gasteiger partial charge in [0.2, 0.25) is 0 Å². The van der Waals surface area contributed by atoms with Gasteiger partial charge in [-0.1, -0.05) is 30.3 Å². The number of hydrogen-bond donors (Lipinski definition) is 0. The molecule has 1 atom stereocenters. The molecule has 0 fully saturated rings. The lowest BCUT2D eigenvalue weighted by atomic mass is 10.0. The predicted octanol–water partition coefficient (Wildman–Crippen LogP) is 5.86. The first-order valence-electron chi connectivity index (χ1n) is 9.74. The average Bonchev–Trinajstić information content (AvgIpc) is 3.23. The fraction of sp³-hybridized carbons (Fsp3) is 0.160. The Kier molecular flexibility index (Phi) is 5.80. The van der Waals surface area contributed by atoms with Crippen LogP contribution in [0.5, 0.6) is 11.5 Å². The zero-order chi connectivity index (χ0) is 20.9. The van der Waals surface area contributed by atoms with Gasteiger partial charge in [-0.25, -0.2) is 4.39 Å². The average molecular weight is 402 g/mol. The van der Waals surface area contributed by atoms with E-state index in [0.717, 1.165) is 40.4 Å². The lowest BCUT2D eigenvalue weighted by Gasteiger charge is -2.24. The van der Waals surface area contributed by atoms with Gasteiger partial charge in [-0.15, -0.1) is 0 Å². The molecule has 0 unspecified atom stereocenters. The van der Waals surface area contributed by atoms with Crippen molar-refractivity contribution in [2.24, 2.45) is 5.10 Å². The molecule has 1 heterocycles. The summed E-state index contributed by atoms with van der Waals surface area (Å²) in [4.78, 5) is 0. The Morgan fingerprint density at radius 3 is 2.03 bits per heavy atom. The summed E-state index contributed by atoms with van der Waals surface area (Å²) in [7, 11) is 3.31. The van der Waals surface area contributed by atoms with Crippen molar-refractivity contribution in [1.29, 1.82) is 0 Å². The largest absolute Gasteiger partial charge is 0.497 e. The van der Waals surface area contributed by atoms with E-state index in [1.807, 2.05) is 65.7 Å². The molecule has 1 aliphatic rings. The van der Waals surface area contributed by atoms with Crippen LogP contribution in [0, 0.1) is 5.82 Å². The Morgan fingerprint density at radius 2 is 1.43 bits per heavy atom. The second-order valence-corrected chi connectivity index (χ2v) is 7.01. The zero-order valence-electron chi connectivity index (χ0n) is 17.0. The molecule has 0 aliphatic carbocycles. The minimum Gasteiger partial charge on any atom is -0.497 e. The summed E-state index contributed by atoms with van der Waals surface area (Å²) in [5.74, 6) is 1.38. The minimum absolute atomic E-state index is 0.0249. The van der Waals surface area contributed by atoms with Crippen LogP contribution in [0.1, 0.15) is 23.6 Å². The molecule has 4 rings (SSSR count). The Bertz CT molecular complexity index is 1040. The van der Waals surface area contributed by atoms with Gasteiger partial charge in [-0.05, 0) is 65.7 Å². The number of hydrazone groups is 1. The summed E-state index contributed by atoms with van der Waals surface area (Å²) in [6.45, 7) is 0. The van der Waals surface area contributed by atoms with Crippen LogP contribution in [0.25, 0.3) is 6.08 Å². The van der Waals surface area contributed by atoms with Gasteiger partial charge >= 0.3 is 0 Å². The van der Waals surface area contributed by atoms with E-state index < -0.39 is 0 Å². The van der Waals surface area contributed by atoms with Gasteiger partial charge in [0.1, 0.15) is 17.3 Å². The molecule has 3 aromatic rings. The zero-order valence-corrected chi connectivity index (χ0v) is 17.0. The Hall–Kier alpha value is -3.60. The van der Waals surface area contributed by atoms with Crippen molar-refractivity contribution in [2.75, 3.05) is 19.2 Å². The van der Waals surface area contributed by atoms with Gasteiger partial charge in [0.05, 0.1) is 31.7 Å². The maximum atomic E-state index is 13.4. The number of anilines is 1. The first-order chi connectivity index (χ1) is 14.7. The number of rotatable bonds is 6. The van der Waals surface area contributed by atoms with E-state index in [4.69, 9.17) is 14.6 Å². The Morgan fingerprint density at radius 1 is 0.833 bits per heavy atom. The third-order valence-electron chi connectivity index (χ3n) is 5.11. The highest BCUT2D eigenvalue weighted by Crippen LogP contribution is 2.36. The van der Waals surface area contributed by atoms with Gasteiger partial charge in [0.15, 0.2) is 0 Å². The van der Waals surface area contributed by atoms with E-state index in [2.05, 4.69) is 0 Å². The van der Waals surface area contributed by atoms with Crippen molar-refractivity contribution in [2.45, 2.75) is 12.5 Å². The van der Waals surface area contributed by atoms with Crippen molar-refractivity contribution in [3.63, 3.8) is 0 Å². The number of benzene rings is 3. The van der Waals surface area contributed by atoms with Crippen LogP contribution in [0.2, 0.25) is 0 Å². The standard InChI is InChI=1S/C25H23FN2O2/c1-29-23-13-4-18(5-14-23)3-10-21-17-25(19-6-15-24(30-2)16-7-19)28(27-21)22-11-8-20(26)9-12-22/h3-16,25H,17H2,1-2H3/b10-3+/t25-/m0/s1. The summed E-state index contributed by atoms with van der Waals surface area (Å²) >= 11 is 0. The molecule has 0 aromatic heterocycles. The van der Waals surface area contributed by atoms with E-state index in [-0.39, 0.29) is 11.9 Å². The molecule has 4 nitrogen and oxygen atoms in total. The van der Waals surface area contributed by atoms with E-state index in [0.29, 0.717) is 0 Å². The Labute approximate surface area is 175 Å². The summed E-state index contributed by atoms with van der Waals surface area (Å²) in [6, 6.07) is 22.3. The lowest BCUT2D eigenvalue weighted by molar-refractivity contribution is 0.414. The van der Waals surface area contributed by atoms with Crippen LogP contribution in [-0.4, -0.2) is 19.9 Å². The smallest absolute Gasteiger partial charge is 0.123 e. The third-order valence-corrected chi connectivity index (χ3v) is 5.11. The first kappa shape index (κ1) is 19.7. The second kappa shape index (κ2) is 8.82. The van der Waals surface area contributed by atoms with E-state index in [9.17, 15) is 4.39 Å². The van der Waals surface area contributed by atoms with Gasteiger partial charge in [0, 0.05) is 6.42 Å². The number of halogens is 1. The summed E-state index contributed by atoms with van der Waals surface area (Å²) < 4.78 is 23.9. The minimum atomic E-state index is -0.262. The summed E-state index contributed by atoms with van der Waals surface area (Å²) in [5, 5.41) is 6.78. The van der Waals surface area contributed by atoms with Crippen LogP contribution < -0.4 is 14.5 Å². The van der Waals surface area contributed by atoms with Gasteiger partial charge in [0.25, 0.3) is 0 Å². The highest BCUT2D eigenvalue weighted by Gasteiger charge is 2.28. The third kappa shape index (κ3) is 4.35. The number of ether oxygens (including phenoxy) is 2. The maximum Gasteiger partial charge on any atom is 0.123 e. The summed E-state index contributed by atoms with van der Waals surface area (Å²) in [6.07, 6.45) is 4.82. The molecular weight excluding hydrogens is 379 g/mol. The molecule has 3 aromatic carbocycles. The van der Waals surface area contributed by atoms with Crippen LogP contribution in [-0.2, 0) is 0 Å². The number of hydrogen-bond acceptors (Lipinski definition) is 4. The predicted molar refractivity (Wildman–Crippen MR) is 119 cm³/mol. The molecule has 0 N–H and O–H groups in total. The van der Waals surface area contributed by atoms with Crippen LogP contribution in [0.15, 0.2) is 84.0 Å². The molecule has 0 spiro atoms. The quantitative estimate of drug-likeness (QED) is 0.518. The number of allylic oxidation sites excluding steroid dienone is 1. The van der Waals surface area contributed by atoms with Crippen molar-refractivity contribution < 1.29 is 13.9 Å². The van der Waals surface area contributed by atoms with Crippen molar-refractivity contribution in [1.82, 2.24) is 0 Å². The molecule has 5 heteroatoms.